The Bertz CT molecular complexity index is 303. The van der Waals surface area contributed by atoms with Gasteiger partial charge in [0.2, 0.25) is 0 Å². The van der Waals surface area contributed by atoms with Gasteiger partial charge in [0.15, 0.2) is 0 Å². The second-order valence-electron chi connectivity index (χ2n) is 3.06. The highest BCUT2D eigenvalue weighted by Gasteiger charge is 2.25. The molecule has 1 saturated heterocycles. The molecule has 1 aliphatic rings. The first-order valence-electron chi connectivity index (χ1n) is 4.43. The number of aldehydes is 1. The zero-order valence-electron chi connectivity index (χ0n) is 7.53. The van der Waals surface area contributed by atoms with E-state index in [2.05, 4.69) is 21.7 Å². The summed E-state index contributed by atoms with van der Waals surface area (Å²) in [4.78, 5) is 10.6. The van der Waals surface area contributed by atoms with Crippen LogP contribution in [0, 0.1) is 0 Å². The molecule has 1 fully saturated rings. The molecule has 0 aromatic heterocycles. The average Bonchev–Trinajstić information content (AvgIpc) is 2.67. The van der Waals surface area contributed by atoms with E-state index in [1.165, 1.54) is 0 Å². The Morgan fingerprint density at radius 2 is 2.00 bits per heavy atom. The zero-order valence-corrected chi connectivity index (χ0v) is 7.53. The minimum Gasteiger partial charge on any atom is -0.367 e. The standard InChI is InChI=1S/C9H12N4O/c14-6-8-9(12-13-11-8)10-7-4-2-1-3-5-7/h1-6,8-13H. The lowest BCUT2D eigenvalue weighted by atomic mass is 10.2. The summed E-state index contributed by atoms with van der Waals surface area (Å²) < 4.78 is 0. The number of hydrazine groups is 2. The monoisotopic (exact) mass is 192 g/mol. The first kappa shape index (κ1) is 9.14. The van der Waals surface area contributed by atoms with E-state index >= 15 is 0 Å². The van der Waals surface area contributed by atoms with Crippen molar-refractivity contribution in [3.63, 3.8) is 0 Å². The fraction of sp³-hybridized carbons (Fsp3) is 0.222. The Morgan fingerprint density at radius 1 is 1.21 bits per heavy atom. The van der Waals surface area contributed by atoms with Gasteiger partial charge in [-0.15, -0.1) is 0 Å². The van der Waals surface area contributed by atoms with Crippen molar-refractivity contribution in [2.45, 2.75) is 12.2 Å². The van der Waals surface area contributed by atoms with Crippen LogP contribution in [0.25, 0.3) is 0 Å². The summed E-state index contributed by atoms with van der Waals surface area (Å²) in [7, 11) is 0. The summed E-state index contributed by atoms with van der Waals surface area (Å²) in [6.45, 7) is 0. The van der Waals surface area contributed by atoms with Crippen LogP contribution in [0.5, 0.6) is 0 Å². The summed E-state index contributed by atoms with van der Waals surface area (Å²) in [5, 5.41) is 3.17. The molecule has 4 N–H and O–H groups in total. The van der Waals surface area contributed by atoms with Gasteiger partial charge in [-0.25, -0.2) is 10.9 Å². The number of hydrogen-bond acceptors (Lipinski definition) is 5. The molecule has 0 bridgehead atoms. The molecule has 5 heteroatoms. The van der Waals surface area contributed by atoms with Gasteiger partial charge in [0.05, 0.1) is 0 Å². The van der Waals surface area contributed by atoms with Crippen molar-refractivity contribution in [1.82, 2.24) is 16.4 Å². The highest BCUT2D eigenvalue weighted by molar-refractivity contribution is 5.61. The van der Waals surface area contributed by atoms with Crippen molar-refractivity contribution in [2.75, 3.05) is 5.32 Å². The minimum atomic E-state index is -0.268. The van der Waals surface area contributed by atoms with Gasteiger partial charge in [-0.3, -0.25) is 0 Å². The SMILES string of the molecule is O=CC1NNNC1Nc1ccccc1. The van der Waals surface area contributed by atoms with E-state index in [1.54, 1.807) is 0 Å². The molecule has 0 amide bonds. The third-order valence-corrected chi connectivity index (χ3v) is 2.07. The highest BCUT2D eigenvalue weighted by atomic mass is 16.1. The first-order chi connectivity index (χ1) is 6.90. The van der Waals surface area contributed by atoms with Gasteiger partial charge in [-0.1, -0.05) is 18.2 Å². The van der Waals surface area contributed by atoms with Crippen molar-refractivity contribution >= 4 is 12.0 Å². The van der Waals surface area contributed by atoms with Crippen LogP contribution in [0.2, 0.25) is 0 Å². The molecular weight excluding hydrogens is 180 g/mol. The molecule has 0 saturated carbocycles. The summed E-state index contributed by atoms with van der Waals surface area (Å²) in [5.74, 6) is 0. The number of hydrogen-bond donors (Lipinski definition) is 4. The summed E-state index contributed by atoms with van der Waals surface area (Å²) in [6.07, 6.45) is 0.725. The predicted octanol–water partition coefficient (Wildman–Crippen LogP) is -0.395. The number of rotatable bonds is 3. The quantitative estimate of drug-likeness (QED) is 0.491. The second-order valence-corrected chi connectivity index (χ2v) is 3.06. The number of carbonyl (C=O) groups excluding carboxylic acids is 1. The van der Waals surface area contributed by atoms with E-state index in [4.69, 9.17) is 0 Å². The van der Waals surface area contributed by atoms with Gasteiger partial charge in [0, 0.05) is 5.69 Å². The second kappa shape index (κ2) is 4.19. The largest absolute Gasteiger partial charge is 0.367 e. The number of para-hydroxylation sites is 1. The van der Waals surface area contributed by atoms with E-state index in [-0.39, 0.29) is 12.2 Å². The Hall–Kier alpha value is -1.43. The van der Waals surface area contributed by atoms with Crippen molar-refractivity contribution in [3.05, 3.63) is 30.3 Å². The lowest BCUT2D eigenvalue weighted by Crippen LogP contribution is -2.41. The van der Waals surface area contributed by atoms with Gasteiger partial charge in [-0.05, 0) is 12.1 Å². The van der Waals surface area contributed by atoms with Crippen molar-refractivity contribution in [2.24, 2.45) is 0 Å². The number of anilines is 1. The zero-order chi connectivity index (χ0) is 9.80. The molecule has 1 heterocycles. The number of benzene rings is 1. The molecule has 1 aromatic rings. The Balaban J connectivity index is 2.00. The van der Waals surface area contributed by atoms with E-state index < -0.39 is 0 Å². The van der Waals surface area contributed by atoms with Crippen LogP contribution in [0.1, 0.15) is 0 Å². The van der Waals surface area contributed by atoms with Gasteiger partial charge in [0.1, 0.15) is 18.5 Å². The predicted molar refractivity (Wildman–Crippen MR) is 53.1 cm³/mol. The van der Waals surface area contributed by atoms with Crippen LogP contribution in [0.3, 0.4) is 0 Å². The van der Waals surface area contributed by atoms with Crippen LogP contribution in [-0.2, 0) is 4.79 Å². The fourth-order valence-electron chi connectivity index (χ4n) is 1.33. The van der Waals surface area contributed by atoms with Crippen LogP contribution in [0.4, 0.5) is 5.69 Å². The lowest BCUT2D eigenvalue weighted by Gasteiger charge is -2.15. The summed E-state index contributed by atoms with van der Waals surface area (Å²) >= 11 is 0. The number of nitrogens with one attached hydrogen (secondary N) is 4. The Kier molecular flexibility index (Phi) is 2.73. The van der Waals surface area contributed by atoms with Gasteiger partial charge < -0.3 is 10.1 Å². The van der Waals surface area contributed by atoms with Crippen molar-refractivity contribution in [3.8, 4) is 0 Å². The van der Waals surface area contributed by atoms with Crippen LogP contribution >= 0.6 is 0 Å². The summed E-state index contributed by atoms with van der Waals surface area (Å²) in [5.41, 5.74) is 9.36. The topological polar surface area (TPSA) is 65.2 Å². The average molecular weight is 192 g/mol. The fourth-order valence-corrected chi connectivity index (χ4v) is 1.33. The van der Waals surface area contributed by atoms with E-state index in [1.807, 2.05) is 30.3 Å². The van der Waals surface area contributed by atoms with E-state index in [9.17, 15) is 4.79 Å². The molecule has 14 heavy (non-hydrogen) atoms. The van der Waals surface area contributed by atoms with Crippen molar-refractivity contribution < 1.29 is 4.79 Å². The number of carbonyl (C=O) groups is 1. The smallest absolute Gasteiger partial charge is 0.141 e. The molecule has 0 aliphatic carbocycles. The molecular formula is C9H12N4O. The van der Waals surface area contributed by atoms with Gasteiger partial charge >= 0.3 is 0 Å². The molecule has 2 unspecified atom stereocenters. The maximum Gasteiger partial charge on any atom is 0.141 e. The Morgan fingerprint density at radius 3 is 2.71 bits per heavy atom. The first-order valence-corrected chi connectivity index (χ1v) is 4.43. The van der Waals surface area contributed by atoms with Crippen LogP contribution < -0.4 is 21.7 Å². The molecule has 1 aliphatic heterocycles. The molecule has 0 spiro atoms. The molecule has 2 atom stereocenters. The molecule has 5 nitrogen and oxygen atoms in total. The van der Waals surface area contributed by atoms with Gasteiger partial charge in [0.25, 0.3) is 0 Å². The normalized spacial score (nSPS) is 26.0. The molecule has 2 rings (SSSR count). The third kappa shape index (κ3) is 1.90. The highest BCUT2D eigenvalue weighted by Crippen LogP contribution is 2.07. The molecule has 1 aromatic carbocycles. The van der Waals surface area contributed by atoms with Crippen molar-refractivity contribution in [1.29, 1.82) is 0 Å². The maximum absolute atomic E-state index is 10.6. The molecule has 0 radical (unpaired) electrons. The van der Waals surface area contributed by atoms with Crippen LogP contribution in [0.15, 0.2) is 30.3 Å². The van der Waals surface area contributed by atoms with E-state index in [0.717, 1.165) is 12.0 Å². The lowest BCUT2D eigenvalue weighted by molar-refractivity contribution is -0.109. The molecule has 74 valence electrons. The Labute approximate surface area is 81.8 Å². The van der Waals surface area contributed by atoms with E-state index in [0.29, 0.717) is 0 Å². The third-order valence-electron chi connectivity index (χ3n) is 2.07. The maximum atomic E-state index is 10.6. The van der Waals surface area contributed by atoms with Crippen LogP contribution in [-0.4, -0.2) is 18.5 Å². The minimum absolute atomic E-state index is 0.130. The van der Waals surface area contributed by atoms with Gasteiger partial charge in [-0.2, -0.15) is 5.53 Å². The summed E-state index contributed by atoms with van der Waals surface area (Å²) in [6, 6.07) is 9.45.